The largest absolute Gasteiger partial charge is 0.485 e. The number of nitrogens with two attached hydrogens (primary N) is 1. The van der Waals surface area contributed by atoms with Gasteiger partial charge in [0, 0.05) is 11.6 Å². The Bertz CT molecular complexity index is 451. The molecule has 0 radical (unpaired) electrons. The molecular weight excluding hydrogens is 214 g/mol. The van der Waals surface area contributed by atoms with Gasteiger partial charge in [0.25, 0.3) is 0 Å². The van der Waals surface area contributed by atoms with Gasteiger partial charge in [-0.2, -0.15) is 0 Å². The number of ether oxygens (including phenoxy) is 1. The Labute approximate surface area is 101 Å². The van der Waals surface area contributed by atoms with E-state index in [2.05, 4.69) is 6.92 Å². The number of benzene rings is 1. The van der Waals surface area contributed by atoms with Crippen LogP contribution in [0.25, 0.3) is 0 Å². The first-order chi connectivity index (χ1) is 8.31. The van der Waals surface area contributed by atoms with E-state index in [1.165, 1.54) is 0 Å². The zero-order valence-corrected chi connectivity index (χ0v) is 9.93. The molecule has 17 heavy (non-hydrogen) atoms. The number of rotatable bonds is 5. The number of hydrogen-bond acceptors (Lipinski definition) is 3. The van der Waals surface area contributed by atoms with Crippen LogP contribution in [-0.2, 0) is 6.61 Å². The van der Waals surface area contributed by atoms with Gasteiger partial charge >= 0.3 is 0 Å². The van der Waals surface area contributed by atoms with Crippen LogP contribution >= 0.6 is 0 Å². The van der Waals surface area contributed by atoms with Gasteiger partial charge in [-0.25, -0.2) is 0 Å². The van der Waals surface area contributed by atoms with Crippen LogP contribution in [0.4, 0.5) is 0 Å². The highest BCUT2D eigenvalue weighted by atomic mass is 16.5. The van der Waals surface area contributed by atoms with Gasteiger partial charge in [0.2, 0.25) is 0 Å². The van der Waals surface area contributed by atoms with E-state index >= 15 is 0 Å². The lowest BCUT2D eigenvalue weighted by Crippen LogP contribution is -2.10. The highest BCUT2D eigenvalue weighted by molar-refractivity contribution is 5.35. The van der Waals surface area contributed by atoms with Gasteiger partial charge in [-0.15, -0.1) is 0 Å². The Morgan fingerprint density at radius 1 is 1.24 bits per heavy atom. The Hall–Kier alpha value is -1.74. The van der Waals surface area contributed by atoms with Gasteiger partial charge < -0.3 is 14.9 Å². The molecule has 2 rings (SSSR count). The molecular formula is C14H17NO2. The quantitative estimate of drug-likeness (QED) is 0.859. The van der Waals surface area contributed by atoms with Crippen LogP contribution in [0.15, 0.2) is 47.1 Å². The van der Waals surface area contributed by atoms with E-state index in [0.29, 0.717) is 6.61 Å². The third-order valence-electron chi connectivity index (χ3n) is 2.71. The fourth-order valence-corrected chi connectivity index (χ4v) is 1.68. The standard InChI is InChI=1S/C14H17NO2/c1-2-13(15)12-7-3-4-8-14(12)17-10-11-6-5-9-16-11/h3-9,13H,2,10,15H2,1H3/t13-/m0/s1. The van der Waals surface area contributed by atoms with Gasteiger partial charge in [0.05, 0.1) is 6.26 Å². The molecule has 0 fully saturated rings. The summed E-state index contributed by atoms with van der Waals surface area (Å²) in [6, 6.07) is 11.6. The molecule has 0 bridgehead atoms. The molecule has 0 amide bonds. The third-order valence-corrected chi connectivity index (χ3v) is 2.71. The molecule has 2 N–H and O–H groups in total. The van der Waals surface area contributed by atoms with Crippen molar-refractivity contribution in [2.75, 3.05) is 0 Å². The number of hydrogen-bond donors (Lipinski definition) is 1. The van der Waals surface area contributed by atoms with Crippen LogP contribution in [0.1, 0.15) is 30.7 Å². The average molecular weight is 231 g/mol. The molecule has 2 aromatic rings. The van der Waals surface area contributed by atoms with Crippen LogP contribution in [0, 0.1) is 0 Å². The van der Waals surface area contributed by atoms with Crippen LogP contribution in [0.5, 0.6) is 5.75 Å². The van der Waals surface area contributed by atoms with E-state index in [-0.39, 0.29) is 6.04 Å². The van der Waals surface area contributed by atoms with Crippen molar-refractivity contribution in [3.8, 4) is 5.75 Å². The summed E-state index contributed by atoms with van der Waals surface area (Å²) in [5, 5.41) is 0. The van der Waals surface area contributed by atoms with Crippen molar-refractivity contribution in [2.24, 2.45) is 5.73 Å². The Balaban J connectivity index is 2.09. The molecule has 0 unspecified atom stereocenters. The molecule has 1 heterocycles. The molecule has 1 aromatic heterocycles. The maximum Gasteiger partial charge on any atom is 0.146 e. The summed E-state index contributed by atoms with van der Waals surface area (Å²) in [6.07, 6.45) is 2.53. The minimum atomic E-state index is 0.0165. The molecule has 0 spiro atoms. The van der Waals surface area contributed by atoms with E-state index in [9.17, 15) is 0 Å². The Morgan fingerprint density at radius 3 is 2.76 bits per heavy atom. The first kappa shape index (κ1) is 11.7. The summed E-state index contributed by atoms with van der Waals surface area (Å²) in [5.41, 5.74) is 7.08. The number of furan rings is 1. The second kappa shape index (κ2) is 5.55. The van der Waals surface area contributed by atoms with Gasteiger partial charge in [-0.3, -0.25) is 0 Å². The monoisotopic (exact) mass is 231 g/mol. The zero-order chi connectivity index (χ0) is 12.1. The van der Waals surface area contributed by atoms with Crippen molar-refractivity contribution in [1.29, 1.82) is 0 Å². The molecule has 0 aliphatic heterocycles. The third kappa shape index (κ3) is 2.88. The van der Waals surface area contributed by atoms with Crippen molar-refractivity contribution in [3.63, 3.8) is 0 Å². The molecule has 1 aromatic carbocycles. The first-order valence-electron chi connectivity index (χ1n) is 5.81. The molecule has 3 heteroatoms. The van der Waals surface area contributed by atoms with E-state index in [1.807, 2.05) is 36.4 Å². The summed E-state index contributed by atoms with van der Waals surface area (Å²) >= 11 is 0. The fourth-order valence-electron chi connectivity index (χ4n) is 1.68. The first-order valence-corrected chi connectivity index (χ1v) is 5.81. The number of para-hydroxylation sites is 1. The lowest BCUT2D eigenvalue weighted by atomic mass is 10.0. The molecule has 90 valence electrons. The van der Waals surface area contributed by atoms with Crippen molar-refractivity contribution in [1.82, 2.24) is 0 Å². The SMILES string of the molecule is CC[C@H](N)c1ccccc1OCc1ccco1. The molecule has 0 saturated carbocycles. The summed E-state index contributed by atoms with van der Waals surface area (Å²) in [4.78, 5) is 0. The van der Waals surface area contributed by atoms with Crippen LogP contribution in [0.2, 0.25) is 0 Å². The second-order valence-corrected chi connectivity index (χ2v) is 3.92. The van der Waals surface area contributed by atoms with Crippen molar-refractivity contribution >= 4 is 0 Å². The van der Waals surface area contributed by atoms with E-state index < -0.39 is 0 Å². The van der Waals surface area contributed by atoms with Crippen LogP contribution < -0.4 is 10.5 Å². The highest BCUT2D eigenvalue weighted by Gasteiger charge is 2.10. The van der Waals surface area contributed by atoms with Gasteiger partial charge in [0.1, 0.15) is 18.1 Å². The van der Waals surface area contributed by atoms with Crippen LogP contribution in [0.3, 0.4) is 0 Å². The average Bonchev–Trinajstić information content (AvgIpc) is 2.89. The molecule has 0 saturated heterocycles. The predicted octanol–water partition coefficient (Wildman–Crippen LogP) is 3.27. The topological polar surface area (TPSA) is 48.4 Å². The fraction of sp³-hybridized carbons (Fsp3) is 0.286. The van der Waals surface area contributed by atoms with Crippen molar-refractivity contribution in [2.45, 2.75) is 26.0 Å². The van der Waals surface area contributed by atoms with Gasteiger partial charge in [-0.1, -0.05) is 25.1 Å². The minimum absolute atomic E-state index is 0.0165. The molecule has 3 nitrogen and oxygen atoms in total. The Morgan fingerprint density at radius 2 is 2.06 bits per heavy atom. The summed E-state index contributed by atoms with van der Waals surface area (Å²) in [5.74, 6) is 1.64. The van der Waals surface area contributed by atoms with Crippen molar-refractivity contribution < 1.29 is 9.15 Å². The van der Waals surface area contributed by atoms with Crippen molar-refractivity contribution in [3.05, 3.63) is 54.0 Å². The predicted molar refractivity (Wildman–Crippen MR) is 66.7 cm³/mol. The summed E-state index contributed by atoms with van der Waals surface area (Å²) in [6.45, 7) is 2.49. The lowest BCUT2D eigenvalue weighted by Gasteiger charge is -2.14. The summed E-state index contributed by atoms with van der Waals surface area (Å²) in [7, 11) is 0. The maximum absolute atomic E-state index is 6.04. The van der Waals surface area contributed by atoms with Gasteiger partial charge in [0.15, 0.2) is 0 Å². The molecule has 0 aliphatic rings. The maximum atomic E-state index is 6.04. The van der Waals surface area contributed by atoms with E-state index in [4.69, 9.17) is 14.9 Å². The zero-order valence-electron chi connectivity index (χ0n) is 9.93. The lowest BCUT2D eigenvalue weighted by molar-refractivity contribution is 0.266. The second-order valence-electron chi connectivity index (χ2n) is 3.92. The molecule has 0 aliphatic carbocycles. The molecule has 1 atom stereocenters. The highest BCUT2D eigenvalue weighted by Crippen LogP contribution is 2.26. The Kier molecular flexibility index (Phi) is 3.83. The van der Waals surface area contributed by atoms with Crippen LogP contribution in [-0.4, -0.2) is 0 Å². The van der Waals surface area contributed by atoms with E-state index in [0.717, 1.165) is 23.5 Å². The summed E-state index contributed by atoms with van der Waals surface area (Å²) < 4.78 is 11.0. The minimum Gasteiger partial charge on any atom is -0.485 e. The van der Waals surface area contributed by atoms with Gasteiger partial charge in [-0.05, 0) is 24.6 Å². The van der Waals surface area contributed by atoms with E-state index in [1.54, 1.807) is 6.26 Å². The normalized spacial score (nSPS) is 12.4. The smallest absolute Gasteiger partial charge is 0.146 e.